The summed E-state index contributed by atoms with van der Waals surface area (Å²) in [5, 5.41) is 4.37. The number of anilines is 1. The molecule has 0 radical (unpaired) electrons. The molecular weight excluding hydrogens is 366 g/mol. The van der Waals surface area contributed by atoms with Gasteiger partial charge in [-0.2, -0.15) is 0 Å². The number of benzene rings is 1. The molecule has 0 bridgehead atoms. The van der Waals surface area contributed by atoms with Crippen molar-refractivity contribution in [3.8, 4) is 0 Å². The largest absolute Gasteiger partial charge is 0.368 e. The summed E-state index contributed by atoms with van der Waals surface area (Å²) in [5.74, 6) is 1.62. The van der Waals surface area contributed by atoms with E-state index in [4.69, 9.17) is 0 Å². The van der Waals surface area contributed by atoms with Gasteiger partial charge in [0.15, 0.2) is 9.84 Å². The minimum atomic E-state index is -3.30. The fraction of sp³-hybridized carbons (Fsp3) is 0.368. The smallest absolute Gasteiger partial charge is 0.180 e. The third kappa shape index (κ3) is 3.21. The Morgan fingerprint density at radius 3 is 2.73 bits per heavy atom. The van der Waals surface area contributed by atoms with Crippen molar-refractivity contribution in [3.63, 3.8) is 0 Å². The van der Waals surface area contributed by atoms with Gasteiger partial charge >= 0.3 is 0 Å². The zero-order chi connectivity index (χ0) is 18.1. The first kappa shape index (κ1) is 17.4. The van der Waals surface area contributed by atoms with Gasteiger partial charge in [-0.3, -0.25) is 0 Å². The van der Waals surface area contributed by atoms with Gasteiger partial charge < -0.3 is 5.32 Å². The van der Waals surface area contributed by atoms with Crippen LogP contribution in [0.15, 0.2) is 35.2 Å². The molecule has 0 spiro atoms. The van der Waals surface area contributed by atoms with Gasteiger partial charge in [0.05, 0.1) is 16.0 Å². The van der Waals surface area contributed by atoms with Crippen LogP contribution in [0.3, 0.4) is 0 Å². The number of rotatable bonds is 6. The van der Waals surface area contributed by atoms with E-state index in [0.717, 1.165) is 41.1 Å². The molecule has 0 saturated carbocycles. The van der Waals surface area contributed by atoms with Crippen LogP contribution in [0.1, 0.15) is 29.6 Å². The fourth-order valence-corrected chi connectivity index (χ4v) is 5.83. The second kappa shape index (κ2) is 6.96. The molecule has 0 fully saturated rings. The quantitative estimate of drug-likeness (QED) is 0.699. The van der Waals surface area contributed by atoms with Crippen LogP contribution >= 0.6 is 11.3 Å². The summed E-state index contributed by atoms with van der Waals surface area (Å²) in [7, 11) is -3.30. The highest BCUT2D eigenvalue weighted by molar-refractivity contribution is 7.91. The number of aryl methyl sites for hydroxylation is 3. The number of hydrogen-bond donors (Lipinski definition) is 1. The zero-order valence-electron chi connectivity index (χ0n) is 14.7. The molecule has 7 heteroatoms. The van der Waals surface area contributed by atoms with E-state index in [9.17, 15) is 8.42 Å². The van der Waals surface area contributed by atoms with Gasteiger partial charge in [0.1, 0.15) is 16.5 Å². The Hall–Kier alpha value is -1.99. The van der Waals surface area contributed by atoms with Crippen molar-refractivity contribution >= 4 is 37.2 Å². The van der Waals surface area contributed by atoms with Crippen molar-refractivity contribution in [3.05, 3.63) is 46.6 Å². The van der Waals surface area contributed by atoms with Gasteiger partial charge in [0, 0.05) is 17.8 Å². The van der Waals surface area contributed by atoms with E-state index >= 15 is 0 Å². The van der Waals surface area contributed by atoms with E-state index < -0.39 is 9.84 Å². The molecule has 0 aliphatic heterocycles. The Morgan fingerprint density at radius 2 is 1.96 bits per heavy atom. The third-order valence-corrected chi connectivity index (χ3v) is 7.61. The first-order chi connectivity index (χ1) is 12.6. The van der Waals surface area contributed by atoms with Crippen LogP contribution in [0.25, 0.3) is 10.2 Å². The van der Waals surface area contributed by atoms with E-state index in [1.54, 1.807) is 35.6 Å². The molecule has 0 saturated heterocycles. The molecule has 3 aromatic rings. The van der Waals surface area contributed by atoms with Gasteiger partial charge in [-0.1, -0.05) is 25.1 Å². The lowest BCUT2D eigenvalue weighted by atomic mass is 10.2. The number of fused-ring (bicyclic) bond motifs is 3. The van der Waals surface area contributed by atoms with Gasteiger partial charge in [0.2, 0.25) is 0 Å². The van der Waals surface area contributed by atoms with Gasteiger partial charge in [-0.25, -0.2) is 18.4 Å². The highest BCUT2D eigenvalue weighted by Crippen LogP contribution is 2.39. The van der Waals surface area contributed by atoms with Crippen molar-refractivity contribution in [1.82, 2.24) is 9.97 Å². The lowest BCUT2D eigenvalue weighted by molar-refractivity contribution is 0.596. The molecule has 0 unspecified atom stereocenters. The number of thiophene rings is 1. The maximum atomic E-state index is 12.5. The van der Waals surface area contributed by atoms with Crippen LogP contribution in [0, 0.1) is 0 Å². The van der Waals surface area contributed by atoms with Crippen LogP contribution in [0.4, 0.5) is 5.82 Å². The van der Waals surface area contributed by atoms with Gasteiger partial charge in [-0.05, 0) is 37.0 Å². The monoisotopic (exact) mass is 387 g/mol. The van der Waals surface area contributed by atoms with E-state index in [1.807, 2.05) is 13.0 Å². The summed E-state index contributed by atoms with van der Waals surface area (Å²) < 4.78 is 25.0. The number of hydrogen-bond acceptors (Lipinski definition) is 6. The summed E-state index contributed by atoms with van der Waals surface area (Å²) in [6, 6.07) is 8.59. The Bertz CT molecular complexity index is 1040. The van der Waals surface area contributed by atoms with Crippen LogP contribution in [-0.4, -0.2) is 30.7 Å². The van der Waals surface area contributed by atoms with Crippen molar-refractivity contribution in [2.45, 2.75) is 37.5 Å². The van der Waals surface area contributed by atoms with Crippen molar-refractivity contribution in [1.29, 1.82) is 0 Å². The predicted molar refractivity (Wildman–Crippen MR) is 106 cm³/mol. The molecule has 0 amide bonds. The second-order valence-electron chi connectivity index (χ2n) is 6.44. The number of nitrogens with one attached hydrogen (secondary N) is 1. The average molecular weight is 388 g/mol. The SMILES string of the molecule is CCc1nc(NCCS(=O)(=O)c2ccccc2)c2c3c(sc2n1)CCC3. The van der Waals surface area contributed by atoms with Gasteiger partial charge in [-0.15, -0.1) is 11.3 Å². The standard InChI is InChI=1S/C19H21N3O2S2/c1-2-16-21-18(17-14-9-6-10-15(14)25-19(17)22-16)20-11-12-26(23,24)13-7-4-3-5-8-13/h3-5,7-8H,2,6,9-12H2,1H3,(H,20,21,22). The Kier molecular flexibility index (Phi) is 4.67. The normalized spacial score (nSPS) is 13.9. The van der Waals surface area contributed by atoms with E-state index in [1.165, 1.54) is 16.9 Å². The predicted octanol–water partition coefficient (Wildman–Crippen LogP) is 3.63. The third-order valence-electron chi connectivity index (χ3n) is 4.69. The summed E-state index contributed by atoms with van der Waals surface area (Å²) in [5.41, 5.74) is 1.35. The summed E-state index contributed by atoms with van der Waals surface area (Å²) in [6.45, 7) is 2.36. The molecule has 1 N–H and O–H groups in total. The van der Waals surface area contributed by atoms with E-state index in [-0.39, 0.29) is 5.75 Å². The zero-order valence-corrected chi connectivity index (χ0v) is 16.3. The minimum absolute atomic E-state index is 0.0380. The second-order valence-corrected chi connectivity index (χ2v) is 9.63. The lowest BCUT2D eigenvalue weighted by Gasteiger charge is -2.10. The van der Waals surface area contributed by atoms with E-state index in [2.05, 4.69) is 15.3 Å². The molecule has 2 heterocycles. The van der Waals surface area contributed by atoms with Crippen LogP contribution in [-0.2, 0) is 29.1 Å². The van der Waals surface area contributed by atoms with Crippen LogP contribution in [0.2, 0.25) is 0 Å². The molecule has 1 aliphatic rings. The molecule has 26 heavy (non-hydrogen) atoms. The fourth-order valence-electron chi connectivity index (χ4n) is 3.38. The molecule has 136 valence electrons. The highest BCUT2D eigenvalue weighted by Gasteiger charge is 2.22. The molecular formula is C19H21N3O2S2. The maximum Gasteiger partial charge on any atom is 0.180 e. The van der Waals surface area contributed by atoms with E-state index in [0.29, 0.717) is 11.4 Å². The summed E-state index contributed by atoms with van der Waals surface area (Å²) in [6.07, 6.45) is 4.10. The Labute approximate surface area is 157 Å². The number of aromatic nitrogens is 2. The van der Waals surface area contributed by atoms with Crippen molar-refractivity contribution < 1.29 is 8.42 Å². The number of sulfone groups is 1. The van der Waals surface area contributed by atoms with Crippen LogP contribution < -0.4 is 5.32 Å². The molecule has 1 aromatic carbocycles. The Morgan fingerprint density at radius 1 is 1.15 bits per heavy atom. The average Bonchev–Trinajstić information content (AvgIpc) is 3.22. The topological polar surface area (TPSA) is 72.0 Å². The molecule has 4 rings (SSSR count). The Balaban J connectivity index is 1.59. The molecule has 0 atom stereocenters. The summed E-state index contributed by atoms with van der Waals surface area (Å²) in [4.78, 5) is 12.1. The van der Waals surface area contributed by atoms with Crippen LogP contribution in [0.5, 0.6) is 0 Å². The first-order valence-electron chi connectivity index (χ1n) is 8.91. The highest BCUT2D eigenvalue weighted by atomic mass is 32.2. The van der Waals surface area contributed by atoms with Gasteiger partial charge in [0.25, 0.3) is 0 Å². The minimum Gasteiger partial charge on any atom is -0.368 e. The summed E-state index contributed by atoms with van der Waals surface area (Å²) >= 11 is 1.76. The number of nitrogens with zero attached hydrogens (tertiary/aromatic N) is 2. The van der Waals surface area contributed by atoms with Crippen molar-refractivity contribution in [2.75, 3.05) is 17.6 Å². The molecule has 5 nitrogen and oxygen atoms in total. The molecule has 1 aliphatic carbocycles. The maximum absolute atomic E-state index is 12.5. The lowest BCUT2D eigenvalue weighted by Crippen LogP contribution is -2.17. The van der Waals surface area contributed by atoms with Crippen molar-refractivity contribution in [2.24, 2.45) is 0 Å². The first-order valence-corrected chi connectivity index (χ1v) is 11.4. The molecule has 2 aromatic heterocycles.